The number of hydrogen-bond donors (Lipinski definition) is 2. The predicted molar refractivity (Wildman–Crippen MR) is 90.0 cm³/mol. The maximum absolute atomic E-state index is 8.75. The zero-order chi connectivity index (χ0) is 14.8. The fourth-order valence-corrected chi connectivity index (χ4v) is 3.91. The first-order chi connectivity index (χ1) is 9.43. The molecule has 1 aromatic carbocycles. The Kier molecular flexibility index (Phi) is 4.86. The summed E-state index contributed by atoms with van der Waals surface area (Å²) in [6.07, 6.45) is 1.16. The number of thioether (sulfide) groups is 1. The largest absolute Gasteiger partial charge is 0.409 e. The Bertz CT molecular complexity index is 519. The number of halogens is 1. The lowest BCUT2D eigenvalue weighted by Crippen LogP contribution is -2.27. The van der Waals surface area contributed by atoms with Gasteiger partial charge in [0.25, 0.3) is 0 Å². The van der Waals surface area contributed by atoms with Crippen molar-refractivity contribution in [3.63, 3.8) is 0 Å². The highest BCUT2D eigenvalue weighted by Gasteiger charge is 2.24. The highest BCUT2D eigenvalue weighted by Crippen LogP contribution is 2.33. The van der Waals surface area contributed by atoms with Crippen molar-refractivity contribution >= 4 is 39.2 Å². The molecule has 0 spiro atoms. The van der Waals surface area contributed by atoms with Crippen molar-refractivity contribution in [3.8, 4) is 0 Å². The van der Waals surface area contributed by atoms with Crippen LogP contribution in [0.25, 0.3) is 0 Å². The van der Waals surface area contributed by atoms with E-state index >= 15 is 0 Å². The van der Waals surface area contributed by atoms with Crippen LogP contribution in [0.5, 0.6) is 0 Å². The van der Waals surface area contributed by atoms with Gasteiger partial charge in [-0.05, 0) is 40.5 Å². The molecule has 110 valence electrons. The van der Waals surface area contributed by atoms with Crippen LogP contribution in [0, 0.1) is 0 Å². The van der Waals surface area contributed by atoms with Crippen molar-refractivity contribution in [2.45, 2.75) is 25.0 Å². The molecule has 0 saturated carbocycles. The molecule has 0 aromatic heterocycles. The summed E-state index contributed by atoms with van der Waals surface area (Å²) in [7, 11) is 0. The van der Waals surface area contributed by atoms with Crippen molar-refractivity contribution in [3.05, 3.63) is 28.2 Å². The molecular formula is C14H20BrN3OS. The first-order valence-electron chi connectivity index (χ1n) is 6.59. The molecule has 1 aliphatic heterocycles. The maximum atomic E-state index is 8.75. The molecule has 1 aromatic rings. The van der Waals surface area contributed by atoms with E-state index < -0.39 is 0 Å². The molecule has 1 heterocycles. The van der Waals surface area contributed by atoms with E-state index in [0.29, 0.717) is 10.3 Å². The van der Waals surface area contributed by atoms with Gasteiger partial charge in [-0.15, -0.1) is 0 Å². The zero-order valence-electron chi connectivity index (χ0n) is 11.8. The molecule has 0 aliphatic carbocycles. The van der Waals surface area contributed by atoms with Crippen LogP contribution in [0.4, 0.5) is 5.69 Å². The van der Waals surface area contributed by atoms with E-state index in [2.05, 4.69) is 39.8 Å². The first-order valence-corrected chi connectivity index (χ1v) is 8.37. The number of nitrogens with zero attached hydrogens (tertiary/aromatic N) is 2. The smallest absolute Gasteiger partial charge is 0.171 e. The Morgan fingerprint density at radius 1 is 1.45 bits per heavy atom. The van der Waals surface area contributed by atoms with Gasteiger partial charge >= 0.3 is 0 Å². The molecule has 0 bridgehead atoms. The minimum Gasteiger partial charge on any atom is -0.409 e. The third-order valence-corrected chi connectivity index (χ3v) is 5.57. The molecule has 1 aliphatic rings. The third-order valence-electron chi connectivity index (χ3n) is 3.54. The average Bonchev–Trinajstić information content (AvgIpc) is 2.59. The van der Waals surface area contributed by atoms with E-state index in [1.54, 1.807) is 0 Å². The van der Waals surface area contributed by atoms with E-state index in [-0.39, 0.29) is 5.84 Å². The molecule has 0 amide bonds. The van der Waals surface area contributed by atoms with Crippen LogP contribution in [0.15, 0.2) is 27.8 Å². The number of amidine groups is 1. The minimum atomic E-state index is 0.121. The number of oxime groups is 1. The van der Waals surface area contributed by atoms with Gasteiger partial charge in [0.15, 0.2) is 5.84 Å². The summed E-state index contributed by atoms with van der Waals surface area (Å²) in [5.41, 5.74) is 7.52. The van der Waals surface area contributed by atoms with Gasteiger partial charge in [0.05, 0.1) is 0 Å². The highest BCUT2D eigenvalue weighted by molar-refractivity contribution is 9.10. The van der Waals surface area contributed by atoms with Gasteiger partial charge in [-0.3, -0.25) is 0 Å². The van der Waals surface area contributed by atoms with Gasteiger partial charge in [-0.25, -0.2) is 0 Å². The van der Waals surface area contributed by atoms with Gasteiger partial charge in [-0.1, -0.05) is 19.0 Å². The Labute approximate surface area is 132 Å². The summed E-state index contributed by atoms with van der Waals surface area (Å²) in [6.45, 7) is 6.70. The van der Waals surface area contributed by atoms with Crippen LogP contribution in [-0.4, -0.2) is 34.6 Å². The van der Waals surface area contributed by atoms with Crippen LogP contribution < -0.4 is 10.6 Å². The summed E-state index contributed by atoms with van der Waals surface area (Å²) < 4.78 is 1.20. The SMILES string of the molecule is CC1(C)CCN(c2ccc(/C(N)=N/O)c(Br)c2)CCS1. The molecule has 6 heteroatoms. The summed E-state index contributed by atoms with van der Waals surface area (Å²) in [5, 5.41) is 11.8. The second-order valence-corrected chi connectivity index (χ2v) is 8.15. The van der Waals surface area contributed by atoms with Gasteiger partial charge in [0, 0.05) is 39.3 Å². The fourth-order valence-electron chi connectivity index (χ4n) is 2.24. The topological polar surface area (TPSA) is 61.8 Å². The van der Waals surface area contributed by atoms with Crippen molar-refractivity contribution in [1.82, 2.24) is 0 Å². The number of rotatable bonds is 2. The molecule has 20 heavy (non-hydrogen) atoms. The van der Waals surface area contributed by atoms with Crippen LogP contribution in [-0.2, 0) is 0 Å². The van der Waals surface area contributed by atoms with Gasteiger partial charge in [-0.2, -0.15) is 11.8 Å². The van der Waals surface area contributed by atoms with Crippen LogP contribution in [0.1, 0.15) is 25.8 Å². The van der Waals surface area contributed by atoms with Gasteiger partial charge in [0.2, 0.25) is 0 Å². The first kappa shape index (κ1) is 15.5. The standard InChI is InChI=1S/C14H20BrN3OS/c1-14(2)5-6-18(7-8-20-14)10-3-4-11(12(15)9-10)13(16)17-19/h3-4,9,19H,5-8H2,1-2H3,(H2,16,17). The molecule has 1 saturated heterocycles. The van der Waals surface area contributed by atoms with Crippen molar-refractivity contribution in [2.24, 2.45) is 10.9 Å². The monoisotopic (exact) mass is 357 g/mol. The molecular weight excluding hydrogens is 338 g/mol. The molecule has 2 rings (SSSR count). The fraction of sp³-hybridized carbons (Fsp3) is 0.500. The lowest BCUT2D eigenvalue weighted by atomic mass is 10.1. The summed E-state index contributed by atoms with van der Waals surface area (Å²) in [6, 6.07) is 5.95. The maximum Gasteiger partial charge on any atom is 0.171 e. The number of anilines is 1. The molecule has 1 fully saturated rings. The minimum absolute atomic E-state index is 0.121. The number of hydrogen-bond acceptors (Lipinski definition) is 4. The Morgan fingerprint density at radius 2 is 2.20 bits per heavy atom. The molecule has 0 atom stereocenters. The lowest BCUT2D eigenvalue weighted by Gasteiger charge is -2.24. The Morgan fingerprint density at radius 3 is 2.85 bits per heavy atom. The van der Waals surface area contributed by atoms with Crippen LogP contribution in [0.2, 0.25) is 0 Å². The normalized spacial score (nSPS) is 19.8. The van der Waals surface area contributed by atoms with E-state index in [1.807, 2.05) is 30.0 Å². The number of nitrogens with two attached hydrogens (primary N) is 1. The molecule has 0 unspecified atom stereocenters. The quantitative estimate of drug-likeness (QED) is 0.369. The Hall–Kier alpha value is -0.880. The van der Waals surface area contributed by atoms with E-state index in [1.165, 1.54) is 5.69 Å². The second-order valence-electron chi connectivity index (χ2n) is 5.49. The summed E-state index contributed by atoms with van der Waals surface area (Å²) in [5.74, 6) is 1.25. The van der Waals surface area contributed by atoms with E-state index in [0.717, 1.165) is 29.7 Å². The summed E-state index contributed by atoms with van der Waals surface area (Å²) in [4.78, 5) is 2.39. The second kappa shape index (κ2) is 6.26. The Balaban J connectivity index is 2.19. The van der Waals surface area contributed by atoms with Crippen LogP contribution in [0.3, 0.4) is 0 Å². The van der Waals surface area contributed by atoms with Crippen molar-refractivity contribution < 1.29 is 5.21 Å². The third kappa shape index (κ3) is 3.61. The zero-order valence-corrected chi connectivity index (χ0v) is 14.2. The lowest BCUT2D eigenvalue weighted by molar-refractivity contribution is 0.318. The van der Waals surface area contributed by atoms with E-state index in [9.17, 15) is 0 Å². The van der Waals surface area contributed by atoms with Crippen molar-refractivity contribution in [2.75, 3.05) is 23.7 Å². The van der Waals surface area contributed by atoms with Crippen molar-refractivity contribution in [1.29, 1.82) is 0 Å². The highest BCUT2D eigenvalue weighted by atomic mass is 79.9. The summed E-state index contributed by atoms with van der Waals surface area (Å²) >= 11 is 5.52. The van der Waals surface area contributed by atoms with Gasteiger partial charge in [0.1, 0.15) is 0 Å². The average molecular weight is 358 g/mol. The molecule has 0 radical (unpaired) electrons. The van der Waals surface area contributed by atoms with Crippen LogP contribution >= 0.6 is 27.7 Å². The molecule has 4 nitrogen and oxygen atoms in total. The van der Waals surface area contributed by atoms with E-state index in [4.69, 9.17) is 10.9 Å². The predicted octanol–water partition coefficient (Wildman–Crippen LogP) is 3.27. The number of benzene rings is 1. The van der Waals surface area contributed by atoms with Gasteiger partial charge < -0.3 is 15.8 Å². The molecule has 3 N–H and O–H groups in total.